The molecule has 0 atom stereocenters. The number of hydrogen-bond donors (Lipinski definition) is 1. The third-order valence-electron chi connectivity index (χ3n) is 7.50. The Kier molecular flexibility index (Phi) is 6.24. The predicted molar refractivity (Wildman–Crippen MR) is 152 cm³/mol. The monoisotopic (exact) mass is 561 g/mol. The second-order valence-corrected chi connectivity index (χ2v) is 11.7. The van der Waals surface area contributed by atoms with E-state index >= 15 is 0 Å². The molecule has 2 fully saturated rings. The molecule has 2 amide bonds. The van der Waals surface area contributed by atoms with Gasteiger partial charge < -0.3 is 19.7 Å². The molecular weight excluding hydrogens is 529 g/mol. The van der Waals surface area contributed by atoms with Gasteiger partial charge in [-0.3, -0.25) is 14.4 Å². The summed E-state index contributed by atoms with van der Waals surface area (Å²) in [5, 5.41) is 8.16. The average molecular weight is 562 g/mol. The molecule has 41 heavy (non-hydrogen) atoms. The summed E-state index contributed by atoms with van der Waals surface area (Å²) in [6.45, 7) is 7.32. The SMILES string of the molecule is COc1ncc2c(N3CCN(C(=O)OC(C)(C)C)C4(CC4)C3)ccc(C(=O)Nc3cc(F)c4nn(C)cc4c3)c2n1. The minimum Gasteiger partial charge on any atom is -0.467 e. The highest BCUT2D eigenvalue weighted by Crippen LogP contribution is 2.46. The second-order valence-electron chi connectivity index (χ2n) is 11.7. The van der Waals surface area contributed by atoms with Crippen molar-refractivity contribution < 1.29 is 23.5 Å². The Morgan fingerprint density at radius 2 is 1.90 bits per heavy atom. The molecule has 4 aromatic rings. The molecule has 0 bridgehead atoms. The first-order valence-electron chi connectivity index (χ1n) is 13.5. The van der Waals surface area contributed by atoms with Gasteiger partial charge in [0.15, 0.2) is 5.82 Å². The first-order valence-corrected chi connectivity index (χ1v) is 13.5. The van der Waals surface area contributed by atoms with Crippen molar-refractivity contribution in [3.05, 3.63) is 48.0 Å². The lowest BCUT2D eigenvalue weighted by molar-refractivity contribution is 0.0106. The molecule has 0 radical (unpaired) electrons. The summed E-state index contributed by atoms with van der Waals surface area (Å²) in [6, 6.07) is 6.63. The van der Waals surface area contributed by atoms with E-state index in [9.17, 15) is 14.0 Å². The number of hydrogen-bond acceptors (Lipinski definition) is 8. The third kappa shape index (κ3) is 4.98. The number of rotatable bonds is 4. The van der Waals surface area contributed by atoms with Crippen LogP contribution in [0.4, 0.5) is 20.6 Å². The number of nitrogens with one attached hydrogen (secondary N) is 1. The van der Waals surface area contributed by atoms with Gasteiger partial charge in [-0.25, -0.2) is 14.2 Å². The summed E-state index contributed by atoms with van der Waals surface area (Å²) < 4.78 is 27.1. The normalized spacial score (nSPS) is 16.3. The van der Waals surface area contributed by atoms with Crippen molar-refractivity contribution in [2.75, 3.05) is 37.0 Å². The number of fused-ring (bicyclic) bond motifs is 2. The lowest BCUT2D eigenvalue weighted by atomic mass is 10.0. The standard InChI is InChI=1S/C29H32FN7O4/c1-28(2,3)41-27(39)37-11-10-36(16-29(37)8-9-29)22-7-6-19(24-20(22)14-31-26(33-24)40-5)25(38)32-18-12-17-15-35(4)34-23(17)21(30)13-18/h6-7,12-15H,8-11,16H2,1-5H3,(H,32,38). The molecule has 0 unspecified atom stereocenters. The van der Waals surface area contributed by atoms with E-state index in [1.54, 1.807) is 31.6 Å². The zero-order chi connectivity index (χ0) is 29.1. The third-order valence-corrected chi connectivity index (χ3v) is 7.50. The van der Waals surface area contributed by atoms with E-state index in [1.165, 1.54) is 17.9 Å². The highest BCUT2D eigenvalue weighted by atomic mass is 19.1. The first-order chi connectivity index (χ1) is 19.5. The summed E-state index contributed by atoms with van der Waals surface area (Å²) in [5.74, 6) is -0.972. The second kappa shape index (κ2) is 9.57. The van der Waals surface area contributed by atoms with Crippen molar-refractivity contribution in [3.63, 3.8) is 0 Å². The number of benzene rings is 2. The van der Waals surface area contributed by atoms with Crippen LogP contribution in [-0.2, 0) is 11.8 Å². The molecule has 214 valence electrons. The van der Waals surface area contributed by atoms with Gasteiger partial charge in [-0.15, -0.1) is 0 Å². The summed E-state index contributed by atoms with van der Waals surface area (Å²) in [4.78, 5) is 39.3. The van der Waals surface area contributed by atoms with Gasteiger partial charge in [-0.05, 0) is 57.9 Å². The fourth-order valence-corrected chi connectivity index (χ4v) is 5.49. The molecule has 2 aromatic carbocycles. The van der Waals surface area contributed by atoms with Crippen LogP contribution in [0.15, 0.2) is 36.7 Å². The van der Waals surface area contributed by atoms with Crippen LogP contribution in [0.5, 0.6) is 6.01 Å². The number of aromatic nitrogens is 4. The maximum Gasteiger partial charge on any atom is 0.410 e. The minimum atomic E-state index is -0.567. The van der Waals surface area contributed by atoms with Crippen LogP contribution in [0, 0.1) is 5.82 Å². The Morgan fingerprint density at radius 3 is 2.61 bits per heavy atom. The maximum absolute atomic E-state index is 14.6. The molecule has 1 saturated carbocycles. The largest absolute Gasteiger partial charge is 0.467 e. The van der Waals surface area contributed by atoms with Gasteiger partial charge in [0.1, 0.15) is 11.1 Å². The van der Waals surface area contributed by atoms with E-state index in [2.05, 4.69) is 25.3 Å². The number of carbonyl (C=O) groups is 2. The Morgan fingerprint density at radius 1 is 1.12 bits per heavy atom. The quantitative estimate of drug-likeness (QED) is 0.387. The van der Waals surface area contributed by atoms with Crippen LogP contribution in [0.25, 0.3) is 21.8 Å². The number of halogens is 1. The van der Waals surface area contributed by atoms with Crippen molar-refractivity contribution >= 4 is 45.2 Å². The topological polar surface area (TPSA) is 115 Å². The number of carbonyl (C=O) groups excluding carboxylic acids is 2. The molecule has 6 rings (SSSR count). The van der Waals surface area contributed by atoms with E-state index in [0.717, 1.165) is 18.5 Å². The van der Waals surface area contributed by atoms with Gasteiger partial charge in [0.2, 0.25) is 0 Å². The zero-order valence-electron chi connectivity index (χ0n) is 23.7. The van der Waals surface area contributed by atoms with Gasteiger partial charge in [0.05, 0.1) is 23.7 Å². The van der Waals surface area contributed by atoms with E-state index in [-0.39, 0.29) is 23.2 Å². The molecule has 1 spiro atoms. The molecule has 11 nitrogen and oxygen atoms in total. The summed E-state index contributed by atoms with van der Waals surface area (Å²) in [7, 11) is 3.17. The van der Waals surface area contributed by atoms with Crippen LogP contribution in [-0.4, -0.2) is 74.5 Å². The van der Waals surface area contributed by atoms with Gasteiger partial charge in [0.25, 0.3) is 5.91 Å². The van der Waals surface area contributed by atoms with Crippen molar-refractivity contribution in [1.82, 2.24) is 24.6 Å². The first kappa shape index (κ1) is 26.7. The van der Waals surface area contributed by atoms with Gasteiger partial charge in [-0.2, -0.15) is 10.1 Å². The zero-order valence-corrected chi connectivity index (χ0v) is 23.7. The summed E-state index contributed by atoms with van der Waals surface area (Å²) in [5.41, 5.74) is 1.25. The number of piperazine rings is 1. The lowest BCUT2D eigenvalue weighted by Crippen LogP contribution is -2.58. The number of methoxy groups -OCH3 is 1. The number of amides is 2. The number of anilines is 2. The van der Waals surface area contributed by atoms with E-state index < -0.39 is 17.3 Å². The molecule has 2 aliphatic rings. The smallest absolute Gasteiger partial charge is 0.410 e. The van der Waals surface area contributed by atoms with Crippen molar-refractivity contribution in [3.8, 4) is 6.01 Å². The molecule has 1 N–H and O–H groups in total. The summed E-state index contributed by atoms with van der Waals surface area (Å²) >= 11 is 0. The van der Waals surface area contributed by atoms with Crippen LogP contribution in [0.3, 0.4) is 0 Å². The van der Waals surface area contributed by atoms with Gasteiger partial charge >= 0.3 is 12.1 Å². The highest BCUT2D eigenvalue weighted by Gasteiger charge is 2.54. The molecular formula is C29H32FN7O4. The Labute approximate surface area is 236 Å². The highest BCUT2D eigenvalue weighted by molar-refractivity contribution is 6.14. The van der Waals surface area contributed by atoms with Crippen LogP contribution in [0.1, 0.15) is 44.0 Å². The number of nitrogens with zero attached hydrogens (tertiary/aromatic N) is 6. The molecule has 1 saturated heterocycles. The molecule has 2 aromatic heterocycles. The Hall–Kier alpha value is -4.48. The lowest BCUT2D eigenvalue weighted by Gasteiger charge is -2.43. The van der Waals surface area contributed by atoms with E-state index in [4.69, 9.17) is 9.47 Å². The van der Waals surface area contributed by atoms with Crippen molar-refractivity contribution in [2.24, 2.45) is 7.05 Å². The Bertz CT molecular complexity index is 1690. The summed E-state index contributed by atoms with van der Waals surface area (Å²) in [6.07, 6.45) is 4.83. The molecule has 3 heterocycles. The average Bonchev–Trinajstić information content (AvgIpc) is 3.55. The van der Waals surface area contributed by atoms with Crippen molar-refractivity contribution in [2.45, 2.75) is 44.8 Å². The molecule has 1 aliphatic heterocycles. The van der Waals surface area contributed by atoms with Crippen molar-refractivity contribution in [1.29, 1.82) is 0 Å². The maximum atomic E-state index is 14.6. The number of aryl methyl sites for hydroxylation is 1. The Balaban J connectivity index is 1.31. The minimum absolute atomic E-state index is 0.125. The fraction of sp³-hybridized carbons (Fsp3) is 0.414. The number of ether oxygens (including phenoxy) is 2. The van der Waals surface area contributed by atoms with Crippen LogP contribution >= 0.6 is 0 Å². The fourth-order valence-electron chi connectivity index (χ4n) is 5.49. The van der Waals surface area contributed by atoms with E-state index in [1.807, 2.05) is 31.7 Å². The van der Waals surface area contributed by atoms with Crippen LogP contribution < -0.4 is 15.0 Å². The van der Waals surface area contributed by atoms with Crippen LogP contribution in [0.2, 0.25) is 0 Å². The molecule has 12 heteroatoms. The van der Waals surface area contributed by atoms with E-state index in [0.29, 0.717) is 47.2 Å². The van der Waals surface area contributed by atoms with Gasteiger partial charge in [0, 0.05) is 61.2 Å². The van der Waals surface area contributed by atoms with Gasteiger partial charge in [-0.1, -0.05) is 0 Å². The molecule has 1 aliphatic carbocycles. The predicted octanol–water partition coefficient (Wildman–Crippen LogP) is 4.51.